The molecule has 1 N–H and O–H groups in total. The summed E-state index contributed by atoms with van der Waals surface area (Å²) in [5.74, 6) is 0.686. The van der Waals surface area contributed by atoms with Crippen LogP contribution in [0.15, 0.2) is 58.7 Å². The second-order valence-corrected chi connectivity index (χ2v) is 6.70. The summed E-state index contributed by atoms with van der Waals surface area (Å²) >= 11 is 1.55. The SMILES string of the molecule is O=c1c2c(nc(SCc3ccnnc3)n1-c1ccccc1)CCNC2. The summed E-state index contributed by atoms with van der Waals surface area (Å²) in [5.41, 5.74) is 3.58. The average molecular weight is 351 g/mol. The zero-order valence-corrected chi connectivity index (χ0v) is 14.4. The lowest BCUT2D eigenvalue weighted by molar-refractivity contribution is 0.595. The van der Waals surface area contributed by atoms with Crippen molar-refractivity contribution in [2.75, 3.05) is 6.54 Å². The maximum absolute atomic E-state index is 13.1. The van der Waals surface area contributed by atoms with E-state index in [9.17, 15) is 4.79 Å². The summed E-state index contributed by atoms with van der Waals surface area (Å²) in [5, 5.41) is 11.7. The second kappa shape index (κ2) is 7.16. The van der Waals surface area contributed by atoms with E-state index in [2.05, 4.69) is 15.5 Å². The van der Waals surface area contributed by atoms with Crippen LogP contribution >= 0.6 is 11.8 Å². The van der Waals surface area contributed by atoms with E-state index < -0.39 is 0 Å². The molecule has 25 heavy (non-hydrogen) atoms. The Morgan fingerprint density at radius 1 is 1.16 bits per heavy atom. The Labute approximate surface area is 149 Å². The highest BCUT2D eigenvalue weighted by Crippen LogP contribution is 2.24. The molecule has 0 radical (unpaired) electrons. The molecular formula is C18H17N5OS. The van der Waals surface area contributed by atoms with Gasteiger partial charge in [-0.2, -0.15) is 10.2 Å². The zero-order valence-electron chi connectivity index (χ0n) is 13.6. The first kappa shape index (κ1) is 16.0. The van der Waals surface area contributed by atoms with Gasteiger partial charge in [0.15, 0.2) is 5.16 Å². The van der Waals surface area contributed by atoms with Crippen LogP contribution in [0.1, 0.15) is 16.8 Å². The Morgan fingerprint density at radius 2 is 2.04 bits per heavy atom. The molecule has 0 bridgehead atoms. The van der Waals surface area contributed by atoms with Crippen LogP contribution in [0.3, 0.4) is 0 Å². The first-order valence-corrected chi connectivity index (χ1v) is 9.11. The number of rotatable bonds is 4. The Kier molecular flexibility index (Phi) is 4.58. The predicted octanol–water partition coefficient (Wildman–Crippen LogP) is 1.96. The number of benzene rings is 1. The quantitative estimate of drug-likeness (QED) is 0.572. The van der Waals surface area contributed by atoms with Gasteiger partial charge in [0.1, 0.15) is 0 Å². The van der Waals surface area contributed by atoms with Gasteiger partial charge >= 0.3 is 0 Å². The molecule has 2 aromatic heterocycles. The lowest BCUT2D eigenvalue weighted by atomic mass is 10.1. The van der Waals surface area contributed by atoms with Gasteiger partial charge in [0, 0.05) is 31.5 Å². The van der Waals surface area contributed by atoms with Crippen molar-refractivity contribution in [1.29, 1.82) is 0 Å². The van der Waals surface area contributed by atoms with E-state index >= 15 is 0 Å². The Balaban J connectivity index is 1.78. The lowest BCUT2D eigenvalue weighted by Crippen LogP contribution is -2.35. The molecule has 1 aliphatic rings. The number of fused-ring (bicyclic) bond motifs is 1. The molecule has 0 unspecified atom stereocenters. The fraction of sp³-hybridized carbons (Fsp3) is 0.222. The number of para-hydroxylation sites is 1. The van der Waals surface area contributed by atoms with Gasteiger partial charge in [-0.15, -0.1) is 0 Å². The van der Waals surface area contributed by atoms with Gasteiger partial charge in [0.2, 0.25) is 0 Å². The van der Waals surface area contributed by atoms with Crippen molar-refractivity contribution in [2.45, 2.75) is 23.9 Å². The summed E-state index contributed by atoms with van der Waals surface area (Å²) in [4.78, 5) is 17.9. The van der Waals surface area contributed by atoms with E-state index in [1.54, 1.807) is 28.7 Å². The summed E-state index contributed by atoms with van der Waals surface area (Å²) in [6.07, 6.45) is 4.19. The van der Waals surface area contributed by atoms with E-state index in [4.69, 9.17) is 4.98 Å². The summed E-state index contributed by atoms with van der Waals surface area (Å²) in [6.45, 7) is 1.43. The third kappa shape index (κ3) is 3.33. The number of nitrogens with one attached hydrogen (secondary N) is 1. The van der Waals surface area contributed by atoms with Crippen molar-refractivity contribution in [3.8, 4) is 5.69 Å². The molecule has 0 saturated heterocycles. The first-order valence-electron chi connectivity index (χ1n) is 8.12. The van der Waals surface area contributed by atoms with Crippen molar-refractivity contribution in [1.82, 2.24) is 25.1 Å². The number of nitrogens with zero attached hydrogens (tertiary/aromatic N) is 4. The minimum Gasteiger partial charge on any atom is -0.312 e. The van der Waals surface area contributed by atoms with Crippen molar-refractivity contribution in [3.63, 3.8) is 0 Å². The summed E-state index contributed by atoms with van der Waals surface area (Å²) in [7, 11) is 0. The van der Waals surface area contributed by atoms with Crippen molar-refractivity contribution in [3.05, 3.63) is 76.0 Å². The van der Waals surface area contributed by atoms with Gasteiger partial charge in [0.05, 0.1) is 23.1 Å². The highest BCUT2D eigenvalue weighted by atomic mass is 32.2. The van der Waals surface area contributed by atoms with Crippen LogP contribution in [0, 0.1) is 0 Å². The molecule has 0 aliphatic carbocycles. The van der Waals surface area contributed by atoms with Gasteiger partial charge < -0.3 is 5.32 Å². The fourth-order valence-electron chi connectivity index (χ4n) is 2.84. The summed E-state index contributed by atoms with van der Waals surface area (Å²) < 4.78 is 1.71. The molecule has 3 aromatic rings. The van der Waals surface area contributed by atoms with E-state index in [0.717, 1.165) is 35.5 Å². The highest BCUT2D eigenvalue weighted by molar-refractivity contribution is 7.98. The molecular weight excluding hydrogens is 334 g/mol. The number of thioether (sulfide) groups is 1. The third-order valence-electron chi connectivity index (χ3n) is 4.10. The predicted molar refractivity (Wildman–Crippen MR) is 96.8 cm³/mol. The lowest BCUT2D eigenvalue weighted by Gasteiger charge is -2.20. The zero-order chi connectivity index (χ0) is 17.1. The molecule has 6 nitrogen and oxygen atoms in total. The monoisotopic (exact) mass is 351 g/mol. The third-order valence-corrected chi connectivity index (χ3v) is 5.11. The minimum absolute atomic E-state index is 0.0127. The van der Waals surface area contributed by atoms with Crippen LogP contribution in [-0.4, -0.2) is 26.3 Å². The van der Waals surface area contributed by atoms with Crippen LogP contribution in [-0.2, 0) is 18.7 Å². The molecule has 0 fully saturated rings. The van der Waals surface area contributed by atoms with Gasteiger partial charge in [-0.05, 0) is 23.8 Å². The topological polar surface area (TPSA) is 72.7 Å². The first-order chi connectivity index (χ1) is 12.3. The van der Waals surface area contributed by atoms with Crippen molar-refractivity contribution >= 4 is 11.8 Å². The van der Waals surface area contributed by atoms with Crippen molar-refractivity contribution < 1.29 is 0 Å². The Morgan fingerprint density at radius 3 is 2.84 bits per heavy atom. The molecule has 4 rings (SSSR count). The molecule has 3 heterocycles. The highest BCUT2D eigenvalue weighted by Gasteiger charge is 2.20. The largest absolute Gasteiger partial charge is 0.312 e. The van der Waals surface area contributed by atoms with E-state index in [1.165, 1.54) is 0 Å². The summed E-state index contributed by atoms with van der Waals surface area (Å²) in [6, 6.07) is 11.6. The Bertz CT molecular complexity index is 927. The standard InChI is InChI=1S/C18H17N5OS/c24-17-15-11-19-8-7-16(15)22-18(23(17)14-4-2-1-3-5-14)25-12-13-6-9-20-21-10-13/h1-6,9-10,19H,7-8,11-12H2. The molecule has 0 amide bonds. The smallest absolute Gasteiger partial charge is 0.263 e. The molecule has 0 saturated carbocycles. The minimum atomic E-state index is 0.0127. The van der Waals surface area contributed by atoms with Crippen LogP contribution in [0.25, 0.3) is 5.69 Å². The molecule has 1 aliphatic heterocycles. The van der Waals surface area contributed by atoms with Crippen LogP contribution in [0.5, 0.6) is 0 Å². The van der Waals surface area contributed by atoms with Gasteiger partial charge in [-0.1, -0.05) is 30.0 Å². The van der Waals surface area contributed by atoms with Gasteiger partial charge in [-0.25, -0.2) is 4.98 Å². The van der Waals surface area contributed by atoms with E-state index in [0.29, 0.717) is 17.5 Å². The molecule has 7 heteroatoms. The maximum Gasteiger partial charge on any atom is 0.263 e. The average Bonchev–Trinajstić information content (AvgIpc) is 2.68. The number of hydrogen-bond donors (Lipinski definition) is 1. The number of aromatic nitrogens is 4. The molecule has 1 aromatic carbocycles. The van der Waals surface area contributed by atoms with Gasteiger partial charge in [-0.3, -0.25) is 9.36 Å². The number of hydrogen-bond acceptors (Lipinski definition) is 6. The van der Waals surface area contributed by atoms with Crippen LogP contribution in [0.4, 0.5) is 0 Å². The maximum atomic E-state index is 13.1. The molecule has 0 spiro atoms. The van der Waals surface area contributed by atoms with Crippen molar-refractivity contribution in [2.24, 2.45) is 0 Å². The van der Waals surface area contributed by atoms with Crippen LogP contribution in [0.2, 0.25) is 0 Å². The van der Waals surface area contributed by atoms with E-state index in [-0.39, 0.29) is 5.56 Å². The molecule has 0 atom stereocenters. The van der Waals surface area contributed by atoms with E-state index in [1.807, 2.05) is 36.4 Å². The second-order valence-electron chi connectivity index (χ2n) is 5.76. The molecule has 126 valence electrons. The van der Waals surface area contributed by atoms with Crippen LogP contribution < -0.4 is 10.9 Å². The Hall–Kier alpha value is -2.51. The van der Waals surface area contributed by atoms with Gasteiger partial charge in [0.25, 0.3) is 5.56 Å². The normalized spacial score (nSPS) is 13.4. The fourth-order valence-corrected chi connectivity index (χ4v) is 3.79.